The molecule has 42 heavy (non-hydrogen) atoms. The molecule has 0 saturated carbocycles. The molecule has 0 rings (SSSR count). The monoisotopic (exact) mass is 1390 g/mol. The van der Waals surface area contributed by atoms with Crippen molar-refractivity contribution < 1.29 is 173 Å². The van der Waals surface area contributed by atoms with Crippen molar-refractivity contribution in [2.24, 2.45) is 25.7 Å². The average Bonchev–Trinajstić information content (AvgIpc) is 2.92. The van der Waals surface area contributed by atoms with Crippen LogP contribution in [0.3, 0.4) is 0 Å². The largest absolute Gasteiger partial charge is 0.680 e. The molecule has 4 radical (unpaired) electrons. The number of isothiocyanates is 1. The van der Waals surface area contributed by atoms with Crippen LogP contribution in [0.4, 0.5) is 0 Å². The molecular formula is C19H47IN14S2W2Y4-6. The zero-order valence-corrected chi connectivity index (χ0v) is 47.6. The zero-order valence-electron chi connectivity index (χ0n) is 26.4. The summed E-state index contributed by atoms with van der Waals surface area (Å²) >= 11 is 8.88. The minimum Gasteiger partial charge on any atom is -0.680 e. The van der Waals surface area contributed by atoms with Crippen molar-refractivity contribution in [1.29, 1.82) is 0 Å². The van der Waals surface area contributed by atoms with Gasteiger partial charge in [-0.3, -0.25) is 4.99 Å². The maximum Gasteiger partial charge on any atom is 0.164 e. The number of rotatable bonds is 8. The van der Waals surface area contributed by atoms with Gasteiger partial charge < -0.3 is 64.0 Å². The topological polar surface area (TPSA) is 206 Å². The van der Waals surface area contributed by atoms with Crippen LogP contribution in [0.25, 0.3) is 32.3 Å². The van der Waals surface area contributed by atoms with Crippen molar-refractivity contribution in [1.82, 2.24) is 16.0 Å². The molecule has 0 atom stereocenters. The van der Waals surface area contributed by atoms with Gasteiger partial charge in [0.05, 0.1) is 5.16 Å². The predicted octanol–water partition coefficient (Wildman–Crippen LogP) is 3.18. The number of nitrogens with one attached hydrogen (secondary N) is 4. The van der Waals surface area contributed by atoms with Gasteiger partial charge in [0.2, 0.25) is 0 Å². The summed E-state index contributed by atoms with van der Waals surface area (Å²) in [6.07, 6.45) is 3.26. The fourth-order valence-electron chi connectivity index (χ4n) is 0.890. The van der Waals surface area contributed by atoms with Crippen LogP contribution < -0.4 is 21.7 Å². The van der Waals surface area contributed by atoms with E-state index in [1.165, 1.54) is 7.05 Å². The SMILES string of the molecule is CN=C([N-]C)NC[N-]C.CN=C=S.CN=CC=NC[N-]C.C[N-]CN.C[N-]CNC(=S)NC.C[NH-].I.[W].[W].[Y].[Y].[Y].[Y]. The van der Waals surface area contributed by atoms with Crippen molar-refractivity contribution in [3.63, 3.8) is 0 Å². The van der Waals surface area contributed by atoms with Gasteiger partial charge in [0, 0.05) is 212 Å². The second-order valence-electron chi connectivity index (χ2n) is 4.66. The summed E-state index contributed by atoms with van der Waals surface area (Å²) in [5, 5.41) is 29.9. The zero-order chi connectivity index (χ0) is 28.6. The molecule has 0 spiro atoms. The van der Waals surface area contributed by atoms with Gasteiger partial charge in [0.25, 0.3) is 0 Å². The molecule has 14 nitrogen and oxygen atoms in total. The van der Waals surface area contributed by atoms with E-state index in [2.05, 4.69) is 79.9 Å². The third-order valence-electron chi connectivity index (χ3n) is 2.26. The van der Waals surface area contributed by atoms with E-state index < -0.39 is 0 Å². The summed E-state index contributed by atoms with van der Waals surface area (Å²) in [6, 6.07) is 0. The van der Waals surface area contributed by atoms with Crippen LogP contribution in [0.5, 0.6) is 0 Å². The van der Waals surface area contributed by atoms with E-state index >= 15 is 0 Å². The number of halogens is 1. The van der Waals surface area contributed by atoms with E-state index in [0.29, 0.717) is 37.7 Å². The molecule has 0 unspecified atom stereocenters. The minimum absolute atomic E-state index is 0. The Morgan fingerprint density at radius 3 is 1.50 bits per heavy atom. The van der Waals surface area contributed by atoms with Gasteiger partial charge in [0.15, 0.2) is 5.11 Å². The quantitative estimate of drug-likeness (QED) is 0.124. The van der Waals surface area contributed by atoms with Gasteiger partial charge in [-0.15, -0.1) is 37.3 Å². The molecule has 0 aromatic rings. The molecule has 6 N–H and O–H groups in total. The van der Waals surface area contributed by atoms with Crippen LogP contribution in [0.15, 0.2) is 20.0 Å². The predicted molar refractivity (Wildman–Crippen MR) is 181 cm³/mol. The molecular weight excluding hydrogens is 1340 g/mol. The molecule has 0 aromatic carbocycles. The fourth-order valence-corrected chi connectivity index (χ4v) is 0.954. The van der Waals surface area contributed by atoms with Crippen molar-refractivity contribution in [3.05, 3.63) is 32.3 Å². The Bertz CT molecular complexity index is 531. The Morgan fingerprint density at radius 2 is 1.26 bits per heavy atom. The molecule has 0 aliphatic heterocycles. The first-order valence-corrected chi connectivity index (χ1v) is 10.8. The van der Waals surface area contributed by atoms with Crippen molar-refractivity contribution in [3.8, 4) is 0 Å². The Morgan fingerprint density at radius 1 is 0.857 bits per heavy atom. The molecule has 0 bridgehead atoms. The van der Waals surface area contributed by atoms with Crippen LogP contribution in [0, 0.1) is 0 Å². The van der Waals surface area contributed by atoms with Gasteiger partial charge >= 0.3 is 0 Å². The number of thiocarbonyl (C=S) groups is 2. The first-order chi connectivity index (χ1) is 16.9. The van der Waals surface area contributed by atoms with E-state index in [9.17, 15) is 0 Å². The van der Waals surface area contributed by atoms with E-state index in [1.807, 2.05) is 0 Å². The van der Waals surface area contributed by atoms with Crippen LogP contribution in [-0.2, 0) is 173 Å². The van der Waals surface area contributed by atoms with Gasteiger partial charge in [0.1, 0.15) is 0 Å². The number of nitrogens with zero attached hydrogens (tertiary/aromatic N) is 9. The van der Waals surface area contributed by atoms with Gasteiger partial charge in [-0.1, -0.05) is 13.3 Å². The molecule has 23 heteroatoms. The summed E-state index contributed by atoms with van der Waals surface area (Å²) in [5.74, 6) is 0.639. The number of guanidine groups is 1. The third-order valence-corrected chi connectivity index (χ3v) is 2.79. The Labute approximate surface area is 413 Å². The van der Waals surface area contributed by atoms with Gasteiger partial charge in [-0.25, -0.2) is 4.99 Å². The summed E-state index contributed by atoms with van der Waals surface area (Å²) in [7, 11) is 16.5. The maximum absolute atomic E-state index is 5.75. The third kappa shape index (κ3) is 130. The second kappa shape index (κ2) is 104. The Hall–Kier alpha value is 4.38. The van der Waals surface area contributed by atoms with Gasteiger partial charge in [-0.2, -0.15) is 35.2 Å². The Kier molecular flexibility index (Phi) is 211. The minimum atomic E-state index is 0. The fraction of sp³-hybridized carbons (Fsp3) is 0.737. The summed E-state index contributed by atoms with van der Waals surface area (Å²) in [6.45, 7) is 2.13. The number of hydrogen-bond donors (Lipinski definition) is 4. The molecule has 0 aromatic heterocycles. The van der Waals surface area contributed by atoms with E-state index in [-0.39, 0.29) is 197 Å². The van der Waals surface area contributed by atoms with E-state index in [0.717, 1.165) is 0 Å². The molecule has 0 fully saturated rings. The van der Waals surface area contributed by atoms with Crippen LogP contribution in [0.1, 0.15) is 0 Å². The molecule has 0 aliphatic carbocycles. The maximum atomic E-state index is 5.75. The first-order valence-electron chi connectivity index (χ1n) is 9.95. The van der Waals surface area contributed by atoms with Gasteiger partial charge in [-0.05, 0) is 38.5 Å². The number of aliphatic imine (C=N–C) groups is 4. The van der Waals surface area contributed by atoms with E-state index in [4.69, 9.17) is 23.7 Å². The smallest absolute Gasteiger partial charge is 0.164 e. The van der Waals surface area contributed by atoms with Crippen LogP contribution in [-0.4, -0.2) is 126 Å². The average molecular weight is 1390 g/mol. The molecule has 242 valence electrons. The standard InChI is InChI=1S/C5H12N4.C5H10N3.C4H10N3S.C2H7N2.C2H3NS.CH4N.HI.2W.4Y/c1-6-4-9-5(7-2)8-3;1-6-3-4-8-5-7-2;1-5-3-7-4(8)6-2;1-4-2-3;1-3-2-4;1-2;;;;;;;/h4H2,1-3H3,(H-,7,8,9);3-4H,5H2,1-2H3;3H2,1-2H3,(H2,6,7,8);2-3H2,1H3;1H3;2H,1H3;1H;;;;;;/q-2;3*-1;;-1;;;;;;;. The molecule has 0 amide bonds. The molecule has 0 heterocycles. The normalized spacial score (nSPS) is 7.48. The summed E-state index contributed by atoms with van der Waals surface area (Å²) in [5.41, 5.74) is 10.6. The number of nitrogens with two attached hydrogens (primary N) is 1. The van der Waals surface area contributed by atoms with Crippen molar-refractivity contribution in [2.45, 2.75) is 0 Å². The van der Waals surface area contributed by atoms with Crippen LogP contribution >= 0.6 is 48.4 Å². The molecule has 0 saturated heterocycles. The molecule has 0 aliphatic rings. The summed E-state index contributed by atoms with van der Waals surface area (Å²) < 4.78 is 0. The second-order valence-corrected chi connectivity index (χ2v) is 5.25. The van der Waals surface area contributed by atoms with Crippen molar-refractivity contribution in [2.75, 3.05) is 97.2 Å². The Balaban J connectivity index is -0.0000000221. The van der Waals surface area contributed by atoms with Crippen molar-refractivity contribution >= 4 is 77.1 Å². The van der Waals surface area contributed by atoms with E-state index in [1.54, 1.807) is 75.9 Å². The van der Waals surface area contributed by atoms with Crippen LogP contribution in [0.2, 0.25) is 0 Å². The number of hydrogen-bond acceptors (Lipinski definition) is 7. The summed E-state index contributed by atoms with van der Waals surface area (Å²) in [4.78, 5) is 14.7. The first kappa shape index (κ1) is 85.7.